The lowest BCUT2D eigenvalue weighted by Gasteiger charge is -2.22. The summed E-state index contributed by atoms with van der Waals surface area (Å²) in [5.74, 6) is 0.107. The Hall–Kier alpha value is -0.820. The highest BCUT2D eigenvalue weighted by Crippen LogP contribution is 2.20. The Bertz CT molecular complexity index is 536. The molecule has 1 saturated heterocycles. The van der Waals surface area contributed by atoms with Crippen LogP contribution in [0, 0.1) is 0 Å². The topological polar surface area (TPSA) is 67.6 Å². The fourth-order valence-corrected chi connectivity index (χ4v) is 3.93. The average Bonchev–Trinajstić information content (AvgIpc) is 2.82. The Morgan fingerprint density at radius 1 is 1.53 bits per heavy atom. The first kappa shape index (κ1) is 12.6. The number of carbonyl (C=O) groups is 1. The summed E-state index contributed by atoms with van der Waals surface area (Å²) in [6.45, 7) is 0. The molecule has 1 aromatic rings. The van der Waals surface area contributed by atoms with Gasteiger partial charge >= 0.3 is 0 Å². The highest BCUT2D eigenvalue weighted by atomic mass is 79.9. The van der Waals surface area contributed by atoms with Crippen LogP contribution in [0.1, 0.15) is 17.0 Å². The lowest BCUT2D eigenvalue weighted by Crippen LogP contribution is -2.37. The molecule has 0 aromatic carbocycles. The van der Waals surface area contributed by atoms with E-state index in [0.717, 1.165) is 0 Å². The Morgan fingerprint density at radius 3 is 2.71 bits per heavy atom. The van der Waals surface area contributed by atoms with Crippen molar-refractivity contribution in [2.24, 2.45) is 0 Å². The van der Waals surface area contributed by atoms with Gasteiger partial charge in [-0.1, -0.05) is 0 Å². The summed E-state index contributed by atoms with van der Waals surface area (Å²) in [5.41, 5.74) is 0. The molecule has 0 unspecified atom stereocenters. The van der Waals surface area contributed by atoms with Crippen molar-refractivity contribution in [3.63, 3.8) is 0 Å². The van der Waals surface area contributed by atoms with E-state index < -0.39 is 9.84 Å². The molecule has 0 saturated carbocycles. The molecule has 1 aromatic heterocycles. The molecule has 1 amide bonds. The van der Waals surface area contributed by atoms with E-state index in [1.807, 2.05) is 0 Å². The van der Waals surface area contributed by atoms with E-state index in [4.69, 9.17) is 4.42 Å². The fraction of sp³-hybridized carbons (Fsp3) is 0.500. The lowest BCUT2D eigenvalue weighted by molar-refractivity contribution is 0.0714. The zero-order chi connectivity index (χ0) is 12.6. The van der Waals surface area contributed by atoms with Gasteiger partial charge in [0.15, 0.2) is 20.3 Å². The standard InChI is InChI=1S/C10H12BrNO4S/c1-12(7-4-5-17(14,15)6-7)10(13)8-2-3-9(11)16-8/h2-3,7H,4-6H2,1H3/t7-/m1/s1. The summed E-state index contributed by atoms with van der Waals surface area (Å²) in [5, 5.41) is 0. The van der Waals surface area contributed by atoms with Crippen molar-refractivity contribution in [1.82, 2.24) is 4.90 Å². The fourth-order valence-electron chi connectivity index (χ4n) is 1.85. The van der Waals surface area contributed by atoms with E-state index in [1.165, 1.54) is 4.90 Å². The molecule has 0 bridgehead atoms. The maximum absolute atomic E-state index is 12.0. The van der Waals surface area contributed by atoms with Crippen LogP contribution in [0.3, 0.4) is 0 Å². The van der Waals surface area contributed by atoms with Crippen LogP contribution in [0.2, 0.25) is 0 Å². The first-order valence-electron chi connectivity index (χ1n) is 5.12. The molecule has 1 fully saturated rings. The summed E-state index contributed by atoms with van der Waals surface area (Å²) in [6.07, 6.45) is 0.493. The van der Waals surface area contributed by atoms with E-state index in [-0.39, 0.29) is 29.2 Å². The monoisotopic (exact) mass is 321 g/mol. The molecule has 2 rings (SSSR count). The van der Waals surface area contributed by atoms with Gasteiger partial charge in [0.2, 0.25) is 0 Å². The Balaban J connectivity index is 2.11. The highest BCUT2D eigenvalue weighted by molar-refractivity contribution is 9.10. The smallest absolute Gasteiger partial charge is 0.289 e. The number of carbonyl (C=O) groups excluding carboxylic acids is 1. The van der Waals surface area contributed by atoms with Crippen LogP contribution in [0.15, 0.2) is 21.2 Å². The second kappa shape index (κ2) is 4.45. The molecular formula is C10H12BrNO4S. The Kier molecular flexibility index (Phi) is 3.31. The van der Waals surface area contributed by atoms with Crippen LogP contribution in [0.4, 0.5) is 0 Å². The van der Waals surface area contributed by atoms with Gasteiger partial charge in [-0.2, -0.15) is 0 Å². The van der Waals surface area contributed by atoms with Gasteiger partial charge in [-0.05, 0) is 34.5 Å². The number of amides is 1. The highest BCUT2D eigenvalue weighted by Gasteiger charge is 2.33. The number of furan rings is 1. The van der Waals surface area contributed by atoms with Crippen LogP contribution in [-0.4, -0.2) is 43.8 Å². The molecular weight excluding hydrogens is 310 g/mol. The number of halogens is 1. The summed E-state index contributed by atoms with van der Waals surface area (Å²) in [6, 6.07) is 2.94. The SMILES string of the molecule is CN(C(=O)c1ccc(Br)o1)[C@@H]1CCS(=O)(=O)C1. The predicted octanol–water partition coefficient (Wildman–Crippen LogP) is 1.30. The quantitative estimate of drug-likeness (QED) is 0.823. The predicted molar refractivity (Wildman–Crippen MR) is 65.6 cm³/mol. The van der Waals surface area contributed by atoms with Crippen LogP contribution < -0.4 is 0 Å². The van der Waals surface area contributed by atoms with E-state index in [2.05, 4.69) is 15.9 Å². The Morgan fingerprint density at radius 2 is 2.24 bits per heavy atom. The van der Waals surface area contributed by atoms with E-state index in [9.17, 15) is 13.2 Å². The van der Waals surface area contributed by atoms with Crippen LogP contribution in [0.5, 0.6) is 0 Å². The second-order valence-electron chi connectivity index (χ2n) is 4.08. The van der Waals surface area contributed by atoms with Crippen molar-refractivity contribution >= 4 is 31.7 Å². The van der Waals surface area contributed by atoms with Crippen molar-refractivity contribution in [3.8, 4) is 0 Å². The van der Waals surface area contributed by atoms with Crippen molar-refractivity contribution in [1.29, 1.82) is 0 Å². The molecule has 0 spiro atoms. The third-order valence-corrected chi connectivity index (χ3v) is 5.04. The number of nitrogens with zero attached hydrogens (tertiary/aromatic N) is 1. The van der Waals surface area contributed by atoms with Crippen LogP contribution >= 0.6 is 15.9 Å². The van der Waals surface area contributed by atoms with Crippen LogP contribution in [-0.2, 0) is 9.84 Å². The summed E-state index contributed by atoms with van der Waals surface area (Å²) >= 11 is 3.12. The van der Waals surface area contributed by atoms with Crippen molar-refractivity contribution in [3.05, 3.63) is 22.6 Å². The van der Waals surface area contributed by atoms with Gasteiger partial charge in [0, 0.05) is 13.1 Å². The lowest BCUT2D eigenvalue weighted by atomic mass is 10.2. The third-order valence-electron chi connectivity index (χ3n) is 2.86. The molecule has 2 heterocycles. The minimum Gasteiger partial charge on any atom is -0.444 e. The van der Waals surface area contributed by atoms with Crippen molar-refractivity contribution in [2.75, 3.05) is 18.6 Å². The van der Waals surface area contributed by atoms with Gasteiger partial charge in [0.25, 0.3) is 5.91 Å². The largest absolute Gasteiger partial charge is 0.444 e. The first-order valence-corrected chi connectivity index (χ1v) is 7.73. The number of sulfone groups is 1. The van der Waals surface area contributed by atoms with Gasteiger partial charge in [0.1, 0.15) is 0 Å². The number of rotatable bonds is 2. The molecule has 0 radical (unpaired) electrons. The van der Waals surface area contributed by atoms with E-state index >= 15 is 0 Å². The van der Waals surface area contributed by atoms with Gasteiger partial charge < -0.3 is 9.32 Å². The average molecular weight is 322 g/mol. The van der Waals surface area contributed by atoms with Gasteiger partial charge in [-0.25, -0.2) is 8.42 Å². The van der Waals surface area contributed by atoms with Gasteiger partial charge in [-0.15, -0.1) is 0 Å². The zero-order valence-corrected chi connectivity index (χ0v) is 11.6. The minimum atomic E-state index is -2.98. The first-order chi connectivity index (χ1) is 7.89. The molecule has 0 N–H and O–H groups in total. The number of hydrogen-bond acceptors (Lipinski definition) is 4. The van der Waals surface area contributed by atoms with Crippen molar-refractivity contribution in [2.45, 2.75) is 12.5 Å². The molecule has 7 heteroatoms. The molecule has 1 aliphatic heterocycles. The third kappa shape index (κ3) is 2.71. The molecule has 1 atom stereocenters. The van der Waals surface area contributed by atoms with Gasteiger partial charge in [0.05, 0.1) is 11.5 Å². The van der Waals surface area contributed by atoms with Crippen LogP contribution in [0.25, 0.3) is 0 Å². The molecule has 5 nitrogen and oxygen atoms in total. The van der Waals surface area contributed by atoms with E-state index in [0.29, 0.717) is 11.1 Å². The van der Waals surface area contributed by atoms with Crippen molar-refractivity contribution < 1.29 is 17.6 Å². The minimum absolute atomic E-state index is 0.0388. The summed E-state index contributed by atoms with van der Waals surface area (Å²) in [4.78, 5) is 13.4. The molecule has 17 heavy (non-hydrogen) atoms. The second-order valence-corrected chi connectivity index (χ2v) is 7.09. The maximum atomic E-state index is 12.0. The summed E-state index contributed by atoms with van der Waals surface area (Å²) < 4.78 is 28.3. The Labute approximate surface area is 108 Å². The molecule has 0 aliphatic carbocycles. The summed E-state index contributed by atoms with van der Waals surface area (Å²) in [7, 11) is -1.38. The zero-order valence-electron chi connectivity index (χ0n) is 9.22. The molecule has 1 aliphatic rings. The van der Waals surface area contributed by atoms with Gasteiger partial charge in [-0.3, -0.25) is 4.79 Å². The van der Waals surface area contributed by atoms with E-state index in [1.54, 1.807) is 19.2 Å². The number of hydrogen-bond donors (Lipinski definition) is 0. The normalized spacial score (nSPS) is 22.6. The maximum Gasteiger partial charge on any atom is 0.289 e. The molecule has 94 valence electrons.